The Hall–Kier alpha value is -1.75. The van der Waals surface area contributed by atoms with Gasteiger partial charge in [-0.15, -0.1) is 0 Å². The summed E-state index contributed by atoms with van der Waals surface area (Å²) in [7, 11) is 1.71. The quantitative estimate of drug-likeness (QED) is 0.540. The van der Waals surface area contributed by atoms with Crippen LogP contribution in [0.15, 0.2) is 36.4 Å². The van der Waals surface area contributed by atoms with Crippen molar-refractivity contribution >= 4 is 34.8 Å². The van der Waals surface area contributed by atoms with Crippen LogP contribution >= 0.6 is 23.2 Å². The second-order valence-electron chi connectivity index (χ2n) is 9.59. The van der Waals surface area contributed by atoms with E-state index >= 15 is 0 Å². The minimum absolute atomic E-state index is 0.00623. The summed E-state index contributed by atoms with van der Waals surface area (Å²) in [5.41, 5.74) is 3.58. The predicted octanol–water partition coefficient (Wildman–Crippen LogP) is 6.07. The Balaban J connectivity index is 1.36. The van der Waals surface area contributed by atoms with Crippen LogP contribution in [0.5, 0.6) is 5.75 Å². The molecule has 1 saturated heterocycles. The summed E-state index contributed by atoms with van der Waals surface area (Å²) in [6, 6.07) is 12.1. The van der Waals surface area contributed by atoms with Gasteiger partial charge in [-0.2, -0.15) is 0 Å². The van der Waals surface area contributed by atoms with Crippen LogP contribution < -0.4 is 9.64 Å². The van der Waals surface area contributed by atoms with E-state index in [1.54, 1.807) is 7.11 Å². The van der Waals surface area contributed by atoms with E-state index in [0.29, 0.717) is 16.0 Å². The molecule has 0 bridgehead atoms. The Morgan fingerprint density at radius 1 is 1.06 bits per heavy atom. The molecule has 3 aliphatic rings. The molecule has 6 heteroatoms. The fourth-order valence-corrected chi connectivity index (χ4v) is 6.15. The van der Waals surface area contributed by atoms with Crippen molar-refractivity contribution in [3.63, 3.8) is 0 Å². The van der Waals surface area contributed by atoms with E-state index in [2.05, 4.69) is 28.0 Å². The molecule has 0 aromatic heterocycles. The molecule has 32 heavy (non-hydrogen) atoms. The lowest BCUT2D eigenvalue weighted by Gasteiger charge is -2.40. The number of benzene rings is 2. The Morgan fingerprint density at radius 2 is 1.81 bits per heavy atom. The van der Waals surface area contributed by atoms with Crippen molar-refractivity contribution in [3.05, 3.63) is 57.6 Å². The highest BCUT2D eigenvalue weighted by atomic mass is 35.5. The molecular formula is C26H30Cl2N2O2. The monoisotopic (exact) mass is 472 g/mol. The summed E-state index contributed by atoms with van der Waals surface area (Å²) < 4.78 is 5.55. The number of hydrogen-bond acceptors (Lipinski definition) is 3. The normalized spacial score (nSPS) is 20.7. The van der Waals surface area contributed by atoms with Gasteiger partial charge in [0.25, 0.3) is 0 Å². The van der Waals surface area contributed by atoms with Crippen LogP contribution in [0.4, 0.5) is 5.69 Å². The first-order valence-corrected chi connectivity index (χ1v) is 12.4. The van der Waals surface area contributed by atoms with Gasteiger partial charge in [0.1, 0.15) is 5.75 Å². The number of methoxy groups -OCH3 is 1. The van der Waals surface area contributed by atoms with Gasteiger partial charge >= 0.3 is 0 Å². The summed E-state index contributed by atoms with van der Waals surface area (Å²) in [5, 5.41) is 1.20. The topological polar surface area (TPSA) is 32.8 Å². The number of ether oxygens (including phenoxy) is 1. The molecule has 2 aromatic carbocycles. The van der Waals surface area contributed by atoms with E-state index in [9.17, 15) is 4.79 Å². The zero-order valence-electron chi connectivity index (χ0n) is 18.6. The first-order valence-electron chi connectivity index (χ1n) is 11.7. The number of fused-ring (bicyclic) bond motifs is 2. The summed E-state index contributed by atoms with van der Waals surface area (Å²) >= 11 is 12.3. The van der Waals surface area contributed by atoms with Crippen LogP contribution in [0.1, 0.15) is 49.7 Å². The maximum Gasteiger partial charge on any atom is 0.230 e. The van der Waals surface area contributed by atoms with Crippen molar-refractivity contribution in [2.45, 2.75) is 50.5 Å². The number of carbonyl (C=O) groups is 1. The molecule has 5 rings (SSSR count). The first kappa shape index (κ1) is 22.1. The number of amides is 1. The van der Waals surface area contributed by atoms with Crippen molar-refractivity contribution in [2.75, 3.05) is 31.6 Å². The molecule has 170 valence electrons. The zero-order valence-corrected chi connectivity index (χ0v) is 20.1. The van der Waals surface area contributed by atoms with Crippen molar-refractivity contribution in [2.24, 2.45) is 5.92 Å². The minimum Gasteiger partial charge on any atom is -0.497 e. The van der Waals surface area contributed by atoms with Gasteiger partial charge in [-0.05, 0) is 80.2 Å². The molecule has 0 atom stereocenters. The second-order valence-corrected chi connectivity index (χ2v) is 10.4. The molecule has 1 amide bonds. The molecule has 2 heterocycles. The number of halogens is 2. The number of hydrogen-bond donors (Lipinski definition) is 0. The lowest BCUT2D eigenvalue weighted by Crippen LogP contribution is -2.46. The van der Waals surface area contributed by atoms with Crippen molar-refractivity contribution < 1.29 is 9.53 Å². The Morgan fingerprint density at radius 3 is 2.50 bits per heavy atom. The highest BCUT2D eigenvalue weighted by molar-refractivity contribution is 6.42. The Bertz CT molecular complexity index is 1010. The number of anilines is 1. The molecule has 1 saturated carbocycles. The fraction of sp³-hybridized carbons (Fsp3) is 0.500. The van der Waals surface area contributed by atoms with Crippen LogP contribution in [-0.4, -0.2) is 37.6 Å². The van der Waals surface area contributed by atoms with Gasteiger partial charge in [0, 0.05) is 30.1 Å². The van der Waals surface area contributed by atoms with Gasteiger partial charge in [0.05, 0.1) is 17.2 Å². The Kier molecular flexibility index (Phi) is 6.13. The molecule has 0 unspecified atom stereocenters. The lowest BCUT2D eigenvalue weighted by atomic mass is 9.74. The summed E-state index contributed by atoms with van der Waals surface area (Å²) in [6.07, 6.45) is 6.48. The summed E-state index contributed by atoms with van der Waals surface area (Å²) in [5.74, 6) is 1.38. The van der Waals surface area contributed by atoms with Crippen LogP contribution in [0.2, 0.25) is 10.0 Å². The molecule has 2 aliphatic heterocycles. The average Bonchev–Trinajstić information content (AvgIpc) is 3.45. The first-order chi connectivity index (χ1) is 15.5. The van der Waals surface area contributed by atoms with Gasteiger partial charge in [-0.1, -0.05) is 42.1 Å². The molecule has 2 aromatic rings. The van der Waals surface area contributed by atoms with Gasteiger partial charge in [0.2, 0.25) is 5.91 Å². The summed E-state index contributed by atoms with van der Waals surface area (Å²) in [4.78, 5) is 18.0. The third kappa shape index (κ3) is 4.02. The van der Waals surface area contributed by atoms with E-state index in [0.717, 1.165) is 63.3 Å². The van der Waals surface area contributed by atoms with Crippen LogP contribution in [0.3, 0.4) is 0 Å². The number of carbonyl (C=O) groups excluding carboxylic acids is 1. The number of likely N-dealkylation sites (tertiary alicyclic amines) is 1. The van der Waals surface area contributed by atoms with Crippen molar-refractivity contribution in [1.82, 2.24) is 4.90 Å². The average molecular weight is 473 g/mol. The van der Waals surface area contributed by atoms with Gasteiger partial charge in [-0.3, -0.25) is 9.69 Å². The molecule has 2 fully saturated rings. The molecular weight excluding hydrogens is 443 g/mol. The van der Waals surface area contributed by atoms with Gasteiger partial charge in [0.15, 0.2) is 0 Å². The summed E-state index contributed by atoms with van der Waals surface area (Å²) in [6.45, 7) is 3.64. The smallest absolute Gasteiger partial charge is 0.230 e. The highest BCUT2D eigenvalue weighted by Gasteiger charge is 2.47. The van der Waals surface area contributed by atoms with Gasteiger partial charge in [-0.25, -0.2) is 0 Å². The zero-order chi connectivity index (χ0) is 22.3. The molecule has 0 N–H and O–H groups in total. The van der Waals surface area contributed by atoms with E-state index in [1.165, 1.54) is 24.0 Å². The minimum atomic E-state index is 0.00623. The molecule has 1 spiro atoms. The third-order valence-corrected chi connectivity index (χ3v) is 8.44. The van der Waals surface area contributed by atoms with Crippen LogP contribution in [0.25, 0.3) is 0 Å². The van der Waals surface area contributed by atoms with Crippen LogP contribution in [0, 0.1) is 5.92 Å². The SMILES string of the molecule is COc1ccc2c(c1)C1(CCN(Cc3ccc(Cl)c(Cl)c3)CC1)CN2C(=O)C1CCCC1. The number of rotatable bonds is 4. The van der Waals surface area contributed by atoms with Crippen LogP contribution in [-0.2, 0) is 16.8 Å². The lowest BCUT2D eigenvalue weighted by molar-refractivity contribution is -0.122. The second kappa shape index (κ2) is 8.89. The maximum atomic E-state index is 13.4. The van der Waals surface area contributed by atoms with Gasteiger partial charge < -0.3 is 9.64 Å². The predicted molar refractivity (Wildman–Crippen MR) is 130 cm³/mol. The molecule has 4 nitrogen and oxygen atoms in total. The number of piperidine rings is 1. The van der Waals surface area contributed by atoms with Crippen molar-refractivity contribution in [3.8, 4) is 5.75 Å². The third-order valence-electron chi connectivity index (χ3n) is 7.70. The van der Waals surface area contributed by atoms with E-state index in [1.807, 2.05) is 18.2 Å². The van der Waals surface area contributed by atoms with E-state index in [-0.39, 0.29) is 11.3 Å². The standard InChI is InChI=1S/C26H30Cl2N2O2/c1-32-20-7-9-24-21(15-20)26(17-30(24)25(31)19-4-2-3-5-19)10-12-29(13-11-26)16-18-6-8-22(27)23(28)14-18/h6-9,14-15,19H,2-5,10-13,16-17H2,1H3. The fourth-order valence-electron chi connectivity index (χ4n) is 5.83. The molecule has 1 aliphatic carbocycles. The highest BCUT2D eigenvalue weighted by Crippen LogP contribution is 2.49. The van der Waals surface area contributed by atoms with E-state index < -0.39 is 0 Å². The van der Waals surface area contributed by atoms with E-state index in [4.69, 9.17) is 27.9 Å². The molecule has 0 radical (unpaired) electrons. The maximum absolute atomic E-state index is 13.4. The van der Waals surface area contributed by atoms with Crippen molar-refractivity contribution in [1.29, 1.82) is 0 Å². The Labute approximate surface area is 200 Å². The largest absolute Gasteiger partial charge is 0.497 e. The number of nitrogens with zero attached hydrogens (tertiary/aromatic N) is 2.